The number of hydrogen-bond acceptors (Lipinski definition) is 5. The number of alkyl halides is 1. The lowest BCUT2D eigenvalue weighted by Gasteiger charge is -2.22. The van der Waals surface area contributed by atoms with Gasteiger partial charge in [0.15, 0.2) is 0 Å². The quantitative estimate of drug-likeness (QED) is 0.0859. The minimum absolute atomic E-state index is 0.0810. The fraction of sp³-hybridized carbons (Fsp3) is 0.725. The Bertz CT molecular complexity index is 1270. The van der Waals surface area contributed by atoms with Crippen molar-refractivity contribution >= 4 is 17.5 Å². The summed E-state index contributed by atoms with van der Waals surface area (Å²) in [7, 11) is 0. The molecule has 2 aromatic heterocycles. The number of unbranched alkanes of at least 4 members (excludes halogenated alkanes) is 2. The first-order chi connectivity index (χ1) is 23.9. The molecule has 0 saturated carbocycles. The first kappa shape index (κ1) is 44.7. The second kappa shape index (κ2) is 25.6. The smallest absolute Gasteiger partial charge is 0.270 e. The molecule has 50 heavy (non-hydrogen) atoms. The molecular formula is C40H70FN7O2. The van der Waals surface area contributed by atoms with Crippen molar-refractivity contribution < 1.29 is 14.0 Å². The van der Waals surface area contributed by atoms with Gasteiger partial charge in [0, 0.05) is 24.9 Å². The van der Waals surface area contributed by atoms with Crippen molar-refractivity contribution in [3.63, 3.8) is 0 Å². The lowest BCUT2D eigenvalue weighted by molar-refractivity contribution is -0.122. The lowest BCUT2D eigenvalue weighted by atomic mass is 9.83. The molecule has 0 radical (unpaired) electrons. The average Bonchev–Trinajstić information content (AvgIpc) is 3.75. The Morgan fingerprint density at radius 1 is 1.10 bits per heavy atom. The van der Waals surface area contributed by atoms with E-state index in [4.69, 9.17) is 5.41 Å². The molecular weight excluding hydrogens is 629 g/mol. The van der Waals surface area contributed by atoms with E-state index in [9.17, 15) is 14.0 Å². The van der Waals surface area contributed by atoms with Gasteiger partial charge in [-0.1, -0.05) is 92.1 Å². The van der Waals surface area contributed by atoms with Crippen molar-refractivity contribution in [2.45, 2.75) is 158 Å². The van der Waals surface area contributed by atoms with Gasteiger partial charge in [0.25, 0.3) is 5.91 Å². The Labute approximate surface area is 303 Å². The van der Waals surface area contributed by atoms with E-state index in [1.165, 1.54) is 60.5 Å². The van der Waals surface area contributed by atoms with Crippen LogP contribution in [-0.2, 0) is 11.3 Å². The second-order valence-electron chi connectivity index (χ2n) is 14.1. The highest BCUT2D eigenvalue weighted by Crippen LogP contribution is 2.28. The molecule has 1 saturated heterocycles. The number of aryl methyl sites for hydroxylation is 2. The van der Waals surface area contributed by atoms with E-state index < -0.39 is 6.67 Å². The summed E-state index contributed by atoms with van der Waals surface area (Å²) in [5.74, 6) is 2.77. The van der Waals surface area contributed by atoms with Gasteiger partial charge in [0.1, 0.15) is 18.2 Å². The Morgan fingerprint density at radius 3 is 2.36 bits per heavy atom. The number of amides is 2. The normalized spacial score (nSPS) is 16.4. The second-order valence-corrected chi connectivity index (χ2v) is 14.1. The maximum atomic E-state index is 12.6. The van der Waals surface area contributed by atoms with Gasteiger partial charge in [-0.2, -0.15) is 5.10 Å². The van der Waals surface area contributed by atoms with Gasteiger partial charge in [0.2, 0.25) is 5.91 Å². The summed E-state index contributed by atoms with van der Waals surface area (Å²) in [5.41, 5.74) is 4.84. The molecule has 0 bridgehead atoms. The van der Waals surface area contributed by atoms with E-state index in [2.05, 4.69) is 74.2 Å². The number of aromatic nitrogens is 4. The minimum atomic E-state index is -0.556. The molecule has 3 heterocycles. The first-order valence-electron chi connectivity index (χ1n) is 19.3. The van der Waals surface area contributed by atoms with Gasteiger partial charge in [0.05, 0.1) is 24.5 Å². The number of carbonyl (C=O) groups excluding carboxylic acids is 2. The first-order valence-corrected chi connectivity index (χ1v) is 19.3. The van der Waals surface area contributed by atoms with Crippen molar-refractivity contribution in [2.75, 3.05) is 13.2 Å². The minimum Gasteiger partial charge on any atom is -0.356 e. The molecule has 0 spiro atoms. The highest BCUT2D eigenvalue weighted by Gasteiger charge is 2.21. The number of H-pyrrole nitrogens is 1. The molecule has 9 nitrogen and oxygen atoms in total. The number of allylic oxidation sites excluding steroid dienone is 2. The number of hydrogen-bond donors (Lipinski definition) is 4. The average molecular weight is 700 g/mol. The van der Waals surface area contributed by atoms with E-state index in [-0.39, 0.29) is 24.4 Å². The van der Waals surface area contributed by atoms with Crippen molar-refractivity contribution in [1.82, 2.24) is 30.4 Å². The number of imidazole rings is 1. The number of nitrogens with one attached hydrogen (secondary N) is 4. The molecule has 4 N–H and O–H groups in total. The fourth-order valence-corrected chi connectivity index (χ4v) is 6.26. The third-order valence-corrected chi connectivity index (χ3v) is 9.64. The van der Waals surface area contributed by atoms with E-state index in [1.54, 1.807) is 12.3 Å². The number of aromatic amines is 1. The summed E-state index contributed by atoms with van der Waals surface area (Å²) in [6, 6.07) is 1.46. The van der Waals surface area contributed by atoms with Crippen LogP contribution in [0, 0.1) is 30.1 Å². The summed E-state index contributed by atoms with van der Waals surface area (Å²) in [5, 5.41) is 17.9. The van der Waals surface area contributed by atoms with Gasteiger partial charge in [-0.25, -0.2) is 9.37 Å². The molecule has 1 aliphatic rings. The topological polar surface area (TPSA) is 129 Å². The summed E-state index contributed by atoms with van der Waals surface area (Å²) in [4.78, 5) is 30.6. The van der Waals surface area contributed by atoms with Crippen LogP contribution >= 0.6 is 0 Å². The van der Waals surface area contributed by atoms with E-state index in [0.717, 1.165) is 68.7 Å². The monoisotopic (exact) mass is 700 g/mol. The zero-order valence-corrected chi connectivity index (χ0v) is 32.9. The SMILES string of the molecule is CC1CCC(=O)NC1.CCC(C)CCCC(NC(=O)c1ccnn1CCF)c1cnc(C)[nH]1.CCCCCC(CCC)C(C(C)=N)=C(C)CC. The predicted octanol–water partition coefficient (Wildman–Crippen LogP) is 9.85. The molecule has 0 aliphatic carbocycles. The number of piperidine rings is 1. The summed E-state index contributed by atoms with van der Waals surface area (Å²) in [6.07, 6.45) is 17.9. The van der Waals surface area contributed by atoms with Crippen LogP contribution in [0.25, 0.3) is 0 Å². The predicted molar refractivity (Wildman–Crippen MR) is 205 cm³/mol. The lowest BCUT2D eigenvalue weighted by Crippen LogP contribution is -2.33. The Morgan fingerprint density at radius 2 is 1.84 bits per heavy atom. The van der Waals surface area contributed by atoms with Crippen LogP contribution in [-0.4, -0.2) is 50.5 Å². The Balaban J connectivity index is 0.000000429. The number of carbonyl (C=O) groups is 2. The summed E-state index contributed by atoms with van der Waals surface area (Å²) in [6.45, 7) is 19.7. The molecule has 2 aromatic rings. The zero-order valence-electron chi connectivity index (χ0n) is 32.9. The van der Waals surface area contributed by atoms with Gasteiger partial charge in [-0.05, 0) is 82.3 Å². The van der Waals surface area contributed by atoms with Crippen LogP contribution in [0.4, 0.5) is 4.39 Å². The molecule has 4 atom stereocenters. The molecule has 0 aromatic carbocycles. The third kappa shape index (κ3) is 17.1. The van der Waals surface area contributed by atoms with E-state index in [0.29, 0.717) is 23.4 Å². The Kier molecular flexibility index (Phi) is 22.9. The van der Waals surface area contributed by atoms with Crippen LogP contribution in [0.2, 0.25) is 0 Å². The van der Waals surface area contributed by atoms with Crippen LogP contribution in [0.1, 0.15) is 167 Å². The molecule has 4 unspecified atom stereocenters. The third-order valence-electron chi connectivity index (χ3n) is 9.64. The van der Waals surface area contributed by atoms with Crippen molar-refractivity contribution in [1.29, 1.82) is 5.41 Å². The summed E-state index contributed by atoms with van der Waals surface area (Å²) < 4.78 is 14.0. The molecule has 1 fully saturated rings. The van der Waals surface area contributed by atoms with Gasteiger partial charge in [-0.15, -0.1) is 0 Å². The van der Waals surface area contributed by atoms with Crippen LogP contribution in [0.5, 0.6) is 0 Å². The van der Waals surface area contributed by atoms with Crippen LogP contribution in [0.15, 0.2) is 29.6 Å². The fourth-order valence-electron chi connectivity index (χ4n) is 6.26. The number of halogens is 1. The van der Waals surface area contributed by atoms with E-state index in [1.807, 2.05) is 13.8 Å². The molecule has 1 aliphatic heterocycles. The summed E-state index contributed by atoms with van der Waals surface area (Å²) >= 11 is 0. The highest BCUT2D eigenvalue weighted by molar-refractivity contribution is 5.96. The zero-order chi connectivity index (χ0) is 37.5. The van der Waals surface area contributed by atoms with Gasteiger partial charge >= 0.3 is 0 Å². The van der Waals surface area contributed by atoms with Crippen molar-refractivity contribution in [2.24, 2.45) is 17.8 Å². The standard InChI is InChI=1S/C18H28FN5O.C16H31N.C6H11NO/c1-4-13(2)6-5-7-15(16-12-20-14(3)22-16)23-18(25)17-8-10-21-24(17)11-9-19;1-6-9-10-12-15(11-7-2)16(14(5)17)13(4)8-3;1-5-2-3-6(8)7-4-5/h8,10,12-13,15H,4-7,9,11H2,1-3H3,(H,20,22)(H,23,25);15,17H,6-12H2,1-5H3;5H,2-4H2,1H3,(H,7,8). The van der Waals surface area contributed by atoms with Gasteiger partial charge in [-0.3, -0.25) is 14.3 Å². The highest BCUT2D eigenvalue weighted by atomic mass is 19.1. The van der Waals surface area contributed by atoms with Crippen molar-refractivity contribution in [3.8, 4) is 0 Å². The van der Waals surface area contributed by atoms with Crippen LogP contribution < -0.4 is 10.6 Å². The molecule has 10 heteroatoms. The van der Waals surface area contributed by atoms with Crippen molar-refractivity contribution in [3.05, 3.63) is 46.8 Å². The van der Waals surface area contributed by atoms with Crippen LogP contribution in [0.3, 0.4) is 0 Å². The molecule has 3 rings (SSSR count). The van der Waals surface area contributed by atoms with Gasteiger partial charge < -0.3 is 21.0 Å². The molecule has 2 amide bonds. The maximum Gasteiger partial charge on any atom is 0.270 e. The molecule has 284 valence electrons. The number of nitrogens with zero attached hydrogens (tertiary/aromatic N) is 3. The largest absolute Gasteiger partial charge is 0.356 e. The van der Waals surface area contributed by atoms with E-state index >= 15 is 0 Å². The number of rotatable bonds is 19. The maximum absolute atomic E-state index is 12.6. The Hall–Kier alpha value is -3.30.